The van der Waals surface area contributed by atoms with Crippen LogP contribution in [0.1, 0.15) is 29.6 Å². The maximum Gasteiger partial charge on any atom is 0.264 e. The van der Waals surface area contributed by atoms with Crippen molar-refractivity contribution in [2.75, 3.05) is 18.0 Å². The number of carbonyl (C=O) groups excluding carboxylic acids is 1. The van der Waals surface area contributed by atoms with Gasteiger partial charge in [-0.15, -0.1) is 0 Å². The SMILES string of the molecule is O=C(c1cccc(Cl)c1)N(C(=S)N1CCCCC1)c1ccccc1. The Bertz CT molecular complexity index is 729. The second kappa shape index (κ2) is 7.77. The van der Waals surface area contributed by atoms with E-state index in [1.165, 1.54) is 6.42 Å². The van der Waals surface area contributed by atoms with E-state index >= 15 is 0 Å². The highest BCUT2D eigenvalue weighted by Crippen LogP contribution is 2.22. The van der Waals surface area contributed by atoms with Crippen molar-refractivity contribution in [1.29, 1.82) is 0 Å². The number of para-hydroxylation sites is 1. The summed E-state index contributed by atoms with van der Waals surface area (Å²) in [6, 6.07) is 16.5. The third kappa shape index (κ3) is 3.77. The number of thiocarbonyl (C=S) groups is 1. The number of amides is 1. The molecule has 0 bridgehead atoms. The van der Waals surface area contributed by atoms with Gasteiger partial charge in [-0.2, -0.15) is 0 Å². The molecule has 3 rings (SSSR count). The minimum atomic E-state index is -0.153. The predicted octanol–water partition coefficient (Wildman–Crippen LogP) is 4.76. The first-order valence-electron chi connectivity index (χ1n) is 8.11. The van der Waals surface area contributed by atoms with Crippen LogP contribution in [-0.2, 0) is 0 Å². The van der Waals surface area contributed by atoms with Gasteiger partial charge in [0.2, 0.25) is 0 Å². The Morgan fingerprint density at radius 2 is 1.71 bits per heavy atom. The molecule has 0 spiro atoms. The molecule has 24 heavy (non-hydrogen) atoms. The molecule has 0 aromatic heterocycles. The lowest BCUT2D eigenvalue weighted by molar-refractivity contribution is 0.0999. The zero-order valence-corrected chi connectivity index (χ0v) is 14.9. The quantitative estimate of drug-likeness (QED) is 0.723. The molecule has 1 aliphatic heterocycles. The zero-order chi connectivity index (χ0) is 16.9. The number of likely N-dealkylation sites (tertiary alicyclic amines) is 1. The van der Waals surface area contributed by atoms with Gasteiger partial charge in [-0.1, -0.05) is 35.9 Å². The summed E-state index contributed by atoms with van der Waals surface area (Å²) in [6.45, 7) is 1.79. The number of rotatable bonds is 2. The summed E-state index contributed by atoms with van der Waals surface area (Å²) in [5, 5.41) is 1.10. The highest BCUT2D eigenvalue weighted by molar-refractivity contribution is 7.80. The number of piperidine rings is 1. The minimum Gasteiger partial charge on any atom is -0.348 e. The average Bonchev–Trinajstić information content (AvgIpc) is 2.63. The summed E-state index contributed by atoms with van der Waals surface area (Å²) in [5.41, 5.74) is 1.31. The molecule has 1 fully saturated rings. The molecule has 1 amide bonds. The van der Waals surface area contributed by atoms with Crippen molar-refractivity contribution in [2.24, 2.45) is 0 Å². The van der Waals surface area contributed by atoms with Gasteiger partial charge >= 0.3 is 0 Å². The Morgan fingerprint density at radius 3 is 2.38 bits per heavy atom. The van der Waals surface area contributed by atoms with Crippen molar-refractivity contribution in [2.45, 2.75) is 19.3 Å². The number of nitrogens with zero attached hydrogens (tertiary/aromatic N) is 2. The van der Waals surface area contributed by atoms with E-state index in [0.717, 1.165) is 31.6 Å². The Labute approximate surface area is 152 Å². The fraction of sp³-hybridized carbons (Fsp3) is 0.263. The maximum absolute atomic E-state index is 13.1. The summed E-state index contributed by atoms with van der Waals surface area (Å²) in [7, 11) is 0. The van der Waals surface area contributed by atoms with Gasteiger partial charge in [0.25, 0.3) is 5.91 Å². The van der Waals surface area contributed by atoms with Gasteiger partial charge in [0.05, 0.1) is 5.69 Å². The topological polar surface area (TPSA) is 23.6 Å². The molecule has 0 unspecified atom stereocenters. The summed E-state index contributed by atoms with van der Waals surface area (Å²) in [6.07, 6.45) is 3.43. The van der Waals surface area contributed by atoms with Gasteiger partial charge in [-0.3, -0.25) is 9.69 Å². The summed E-state index contributed by atoms with van der Waals surface area (Å²) in [4.78, 5) is 16.9. The van der Waals surface area contributed by atoms with Gasteiger partial charge in [0, 0.05) is 23.7 Å². The zero-order valence-electron chi connectivity index (χ0n) is 13.3. The molecule has 1 saturated heterocycles. The number of benzene rings is 2. The van der Waals surface area contributed by atoms with E-state index in [1.54, 1.807) is 29.2 Å². The molecular weight excluding hydrogens is 340 g/mol. The van der Waals surface area contributed by atoms with Crippen molar-refractivity contribution in [3.8, 4) is 0 Å². The summed E-state index contributed by atoms with van der Waals surface area (Å²) in [5.74, 6) is -0.153. The second-order valence-corrected chi connectivity index (χ2v) is 6.62. The van der Waals surface area contributed by atoms with Crippen LogP contribution in [0.5, 0.6) is 0 Å². The first kappa shape index (κ1) is 16.9. The molecule has 2 aromatic carbocycles. The van der Waals surface area contributed by atoms with Crippen LogP contribution in [0.25, 0.3) is 0 Å². The molecule has 2 aromatic rings. The summed E-state index contributed by atoms with van der Waals surface area (Å²) < 4.78 is 0. The van der Waals surface area contributed by atoms with E-state index in [9.17, 15) is 4.79 Å². The molecule has 0 N–H and O–H groups in total. The molecular formula is C19H19ClN2OS. The first-order chi connectivity index (χ1) is 11.7. The van der Waals surface area contributed by atoms with Crippen LogP contribution in [0.3, 0.4) is 0 Å². The van der Waals surface area contributed by atoms with Gasteiger partial charge in [0.1, 0.15) is 0 Å². The summed E-state index contributed by atoms with van der Waals surface area (Å²) >= 11 is 11.7. The van der Waals surface area contributed by atoms with Crippen LogP contribution in [0.15, 0.2) is 54.6 Å². The van der Waals surface area contributed by atoms with Crippen LogP contribution in [0.2, 0.25) is 5.02 Å². The van der Waals surface area contributed by atoms with Crippen molar-refractivity contribution in [3.63, 3.8) is 0 Å². The third-order valence-corrected chi connectivity index (χ3v) is 4.78. The van der Waals surface area contributed by atoms with Crippen molar-refractivity contribution >= 4 is 40.5 Å². The average molecular weight is 359 g/mol. The maximum atomic E-state index is 13.1. The number of hydrogen-bond donors (Lipinski definition) is 0. The van der Waals surface area contributed by atoms with Crippen molar-refractivity contribution < 1.29 is 4.79 Å². The van der Waals surface area contributed by atoms with Crippen LogP contribution < -0.4 is 4.90 Å². The highest BCUT2D eigenvalue weighted by atomic mass is 35.5. The third-order valence-electron chi connectivity index (χ3n) is 4.11. The van der Waals surface area contributed by atoms with Gasteiger partial charge in [-0.05, 0) is 61.8 Å². The normalized spacial score (nSPS) is 14.3. The van der Waals surface area contributed by atoms with E-state index in [4.69, 9.17) is 23.8 Å². The van der Waals surface area contributed by atoms with Crippen LogP contribution >= 0.6 is 23.8 Å². The number of carbonyl (C=O) groups is 1. The van der Waals surface area contributed by atoms with Gasteiger partial charge in [0.15, 0.2) is 5.11 Å². The molecule has 0 radical (unpaired) electrons. The van der Waals surface area contributed by atoms with E-state index in [-0.39, 0.29) is 5.91 Å². The number of anilines is 1. The van der Waals surface area contributed by atoms with Crippen molar-refractivity contribution in [3.05, 3.63) is 65.2 Å². The molecule has 5 heteroatoms. The second-order valence-electron chi connectivity index (χ2n) is 5.82. The van der Waals surface area contributed by atoms with E-state index < -0.39 is 0 Å². The Hall–Kier alpha value is -1.91. The van der Waals surface area contributed by atoms with Crippen LogP contribution in [-0.4, -0.2) is 29.0 Å². The lowest BCUT2D eigenvalue weighted by atomic mass is 10.1. The van der Waals surface area contributed by atoms with E-state index in [2.05, 4.69) is 4.90 Å². The fourth-order valence-corrected chi connectivity index (χ4v) is 3.43. The lowest BCUT2D eigenvalue weighted by Gasteiger charge is -2.34. The standard InChI is InChI=1S/C19H19ClN2OS/c20-16-9-7-8-15(14-16)18(23)22(17-10-3-1-4-11-17)19(24)21-12-5-2-6-13-21/h1,3-4,7-11,14H,2,5-6,12-13H2. The molecule has 0 aliphatic carbocycles. The molecule has 124 valence electrons. The predicted molar refractivity (Wildman–Crippen MR) is 103 cm³/mol. The Balaban J connectivity index is 1.95. The highest BCUT2D eigenvalue weighted by Gasteiger charge is 2.26. The molecule has 0 atom stereocenters. The molecule has 1 aliphatic rings. The van der Waals surface area contributed by atoms with E-state index in [0.29, 0.717) is 15.7 Å². The monoisotopic (exact) mass is 358 g/mol. The first-order valence-corrected chi connectivity index (χ1v) is 8.89. The minimum absolute atomic E-state index is 0.153. The van der Waals surface area contributed by atoms with Gasteiger partial charge < -0.3 is 4.90 Å². The Kier molecular flexibility index (Phi) is 5.48. The van der Waals surface area contributed by atoms with Gasteiger partial charge in [-0.25, -0.2) is 0 Å². The Morgan fingerprint density at radius 1 is 1.00 bits per heavy atom. The smallest absolute Gasteiger partial charge is 0.264 e. The number of hydrogen-bond acceptors (Lipinski definition) is 2. The fourth-order valence-electron chi connectivity index (χ4n) is 2.87. The number of halogens is 1. The molecule has 3 nitrogen and oxygen atoms in total. The van der Waals surface area contributed by atoms with Crippen LogP contribution in [0, 0.1) is 0 Å². The van der Waals surface area contributed by atoms with E-state index in [1.807, 2.05) is 30.3 Å². The van der Waals surface area contributed by atoms with Crippen LogP contribution in [0.4, 0.5) is 5.69 Å². The van der Waals surface area contributed by atoms with Crippen molar-refractivity contribution in [1.82, 2.24) is 4.90 Å². The molecule has 0 saturated carbocycles. The largest absolute Gasteiger partial charge is 0.348 e. The molecule has 1 heterocycles. The lowest BCUT2D eigenvalue weighted by Crippen LogP contribution is -2.48.